The van der Waals surface area contributed by atoms with Crippen LogP contribution >= 0.6 is 0 Å². The van der Waals surface area contributed by atoms with E-state index in [1.165, 1.54) is 31.7 Å². The fraction of sp³-hybridized carbons (Fsp3) is 0.625. The van der Waals surface area contributed by atoms with Gasteiger partial charge in [0.05, 0.1) is 5.56 Å². The van der Waals surface area contributed by atoms with Gasteiger partial charge in [0.1, 0.15) is 0 Å². The summed E-state index contributed by atoms with van der Waals surface area (Å²) in [6, 6.07) is 5.56. The van der Waals surface area contributed by atoms with Crippen LogP contribution in [0.4, 0.5) is 13.2 Å². The summed E-state index contributed by atoms with van der Waals surface area (Å²) in [6.45, 7) is 2.59. The quantitative estimate of drug-likeness (QED) is 0.808. The highest BCUT2D eigenvalue weighted by Gasteiger charge is 2.34. The summed E-state index contributed by atoms with van der Waals surface area (Å²) >= 11 is 0. The van der Waals surface area contributed by atoms with E-state index in [0.29, 0.717) is 5.56 Å². The van der Waals surface area contributed by atoms with Gasteiger partial charge in [0, 0.05) is 6.04 Å². The van der Waals surface area contributed by atoms with Crippen LogP contribution in [0.1, 0.15) is 56.2 Å². The number of hydrogen-bond acceptors (Lipinski definition) is 1. The van der Waals surface area contributed by atoms with Crippen molar-refractivity contribution in [2.45, 2.75) is 51.2 Å². The Morgan fingerprint density at radius 1 is 1.20 bits per heavy atom. The van der Waals surface area contributed by atoms with Crippen molar-refractivity contribution in [3.05, 3.63) is 35.4 Å². The van der Waals surface area contributed by atoms with Crippen LogP contribution in [0.25, 0.3) is 0 Å². The molecule has 1 N–H and O–H groups in total. The summed E-state index contributed by atoms with van der Waals surface area (Å²) in [5.74, 6) is 0.757. The highest BCUT2D eigenvalue weighted by Crippen LogP contribution is 2.34. The third-order valence-electron chi connectivity index (χ3n) is 4.21. The number of rotatable bonds is 5. The Labute approximate surface area is 118 Å². The van der Waals surface area contributed by atoms with E-state index in [0.717, 1.165) is 24.9 Å². The zero-order chi connectivity index (χ0) is 14.6. The van der Waals surface area contributed by atoms with E-state index in [2.05, 4.69) is 5.32 Å². The van der Waals surface area contributed by atoms with Crippen LogP contribution in [0.15, 0.2) is 24.3 Å². The molecule has 0 heterocycles. The van der Waals surface area contributed by atoms with Gasteiger partial charge in [-0.25, -0.2) is 0 Å². The molecule has 1 aromatic carbocycles. The van der Waals surface area contributed by atoms with Gasteiger partial charge < -0.3 is 5.32 Å². The predicted octanol–water partition coefficient (Wildman–Crippen LogP) is 4.94. The minimum atomic E-state index is -4.28. The number of alkyl halides is 3. The van der Waals surface area contributed by atoms with Crippen molar-refractivity contribution >= 4 is 0 Å². The first-order valence-electron chi connectivity index (χ1n) is 7.38. The lowest BCUT2D eigenvalue weighted by Crippen LogP contribution is -2.24. The van der Waals surface area contributed by atoms with E-state index in [4.69, 9.17) is 0 Å². The molecule has 1 nitrogen and oxygen atoms in total. The third kappa shape index (κ3) is 3.98. The summed E-state index contributed by atoms with van der Waals surface area (Å²) in [4.78, 5) is 0. The van der Waals surface area contributed by atoms with Crippen molar-refractivity contribution in [3.8, 4) is 0 Å². The topological polar surface area (TPSA) is 12.0 Å². The van der Waals surface area contributed by atoms with E-state index in [1.807, 2.05) is 0 Å². The van der Waals surface area contributed by atoms with E-state index < -0.39 is 11.7 Å². The number of benzene rings is 1. The molecule has 2 rings (SSSR count). The van der Waals surface area contributed by atoms with Crippen LogP contribution in [0.2, 0.25) is 0 Å². The first-order valence-corrected chi connectivity index (χ1v) is 7.38. The number of nitrogens with one attached hydrogen (secondary N) is 1. The Morgan fingerprint density at radius 3 is 2.50 bits per heavy atom. The molecule has 4 heteroatoms. The highest BCUT2D eigenvalue weighted by molar-refractivity contribution is 5.32. The normalized spacial score (nSPS) is 18.4. The average molecular weight is 285 g/mol. The molecule has 0 radical (unpaired) electrons. The van der Waals surface area contributed by atoms with Crippen molar-refractivity contribution in [1.29, 1.82) is 0 Å². The van der Waals surface area contributed by atoms with Crippen molar-refractivity contribution in [3.63, 3.8) is 0 Å². The Hall–Kier alpha value is -1.03. The Kier molecular flexibility index (Phi) is 5.08. The Balaban J connectivity index is 1.93. The maximum absolute atomic E-state index is 12.9. The zero-order valence-corrected chi connectivity index (χ0v) is 11.8. The van der Waals surface area contributed by atoms with Crippen LogP contribution in [0, 0.1) is 5.92 Å². The molecule has 1 aromatic rings. The molecule has 1 aliphatic rings. The molecule has 0 amide bonds. The molecule has 1 atom stereocenters. The smallest absolute Gasteiger partial charge is 0.310 e. The van der Waals surface area contributed by atoms with E-state index in [1.54, 1.807) is 19.1 Å². The summed E-state index contributed by atoms with van der Waals surface area (Å²) in [7, 11) is 0. The van der Waals surface area contributed by atoms with Crippen molar-refractivity contribution < 1.29 is 13.2 Å². The lowest BCUT2D eigenvalue weighted by Gasteiger charge is -2.20. The van der Waals surface area contributed by atoms with Gasteiger partial charge in [-0.1, -0.05) is 43.9 Å². The number of halogens is 3. The molecule has 0 saturated heterocycles. The van der Waals surface area contributed by atoms with Gasteiger partial charge in [-0.2, -0.15) is 13.2 Å². The van der Waals surface area contributed by atoms with Crippen LogP contribution < -0.4 is 5.32 Å². The van der Waals surface area contributed by atoms with Crippen LogP contribution in [0.3, 0.4) is 0 Å². The first kappa shape index (κ1) is 15.4. The van der Waals surface area contributed by atoms with E-state index in [-0.39, 0.29) is 6.04 Å². The molecule has 0 spiro atoms. The van der Waals surface area contributed by atoms with Gasteiger partial charge in [-0.05, 0) is 37.4 Å². The molecule has 0 aliphatic heterocycles. The van der Waals surface area contributed by atoms with Crippen LogP contribution in [-0.4, -0.2) is 6.54 Å². The predicted molar refractivity (Wildman–Crippen MR) is 74.4 cm³/mol. The van der Waals surface area contributed by atoms with Gasteiger partial charge in [0.2, 0.25) is 0 Å². The fourth-order valence-electron chi connectivity index (χ4n) is 3.05. The standard InChI is InChI=1S/C16H22F3N/c1-12(20-11-10-13-6-2-3-7-13)14-8-4-5-9-15(14)16(17,18)19/h4-5,8-9,12-13,20H,2-3,6-7,10-11H2,1H3. The van der Waals surface area contributed by atoms with Gasteiger partial charge >= 0.3 is 6.18 Å². The van der Waals surface area contributed by atoms with Crippen LogP contribution in [0.5, 0.6) is 0 Å². The SMILES string of the molecule is CC(NCCC1CCCC1)c1ccccc1C(F)(F)F. The second kappa shape index (κ2) is 6.61. The Bertz CT molecular complexity index is 422. The van der Waals surface area contributed by atoms with Gasteiger partial charge in [-0.15, -0.1) is 0 Å². The molecular weight excluding hydrogens is 263 g/mol. The molecule has 1 saturated carbocycles. The van der Waals surface area contributed by atoms with Crippen molar-refractivity contribution in [1.82, 2.24) is 5.32 Å². The van der Waals surface area contributed by atoms with Gasteiger partial charge in [0.15, 0.2) is 0 Å². The highest BCUT2D eigenvalue weighted by atomic mass is 19.4. The third-order valence-corrected chi connectivity index (χ3v) is 4.21. The molecule has 20 heavy (non-hydrogen) atoms. The summed E-state index contributed by atoms with van der Waals surface area (Å²) < 4.78 is 38.8. The summed E-state index contributed by atoms with van der Waals surface area (Å²) in [5, 5.41) is 3.24. The van der Waals surface area contributed by atoms with Gasteiger partial charge in [-0.3, -0.25) is 0 Å². The average Bonchev–Trinajstić information content (AvgIpc) is 2.91. The molecule has 112 valence electrons. The minimum absolute atomic E-state index is 0.269. The maximum Gasteiger partial charge on any atom is 0.416 e. The maximum atomic E-state index is 12.9. The lowest BCUT2D eigenvalue weighted by atomic mass is 10.00. The molecular formula is C16H22F3N. The fourth-order valence-corrected chi connectivity index (χ4v) is 3.05. The largest absolute Gasteiger partial charge is 0.416 e. The van der Waals surface area contributed by atoms with E-state index >= 15 is 0 Å². The van der Waals surface area contributed by atoms with E-state index in [9.17, 15) is 13.2 Å². The van der Waals surface area contributed by atoms with Crippen LogP contribution in [-0.2, 0) is 6.18 Å². The minimum Gasteiger partial charge on any atom is -0.310 e. The molecule has 1 unspecified atom stereocenters. The van der Waals surface area contributed by atoms with Gasteiger partial charge in [0.25, 0.3) is 0 Å². The zero-order valence-electron chi connectivity index (χ0n) is 11.8. The lowest BCUT2D eigenvalue weighted by molar-refractivity contribution is -0.138. The summed E-state index contributed by atoms with van der Waals surface area (Å²) in [6.07, 6.45) is 1.94. The molecule has 1 fully saturated rings. The molecule has 1 aliphatic carbocycles. The number of hydrogen-bond donors (Lipinski definition) is 1. The van der Waals surface area contributed by atoms with Crippen molar-refractivity contribution in [2.75, 3.05) is 6.54 Å². The van der Waals surface area contributed by atoms with Crippen molar-refractivity contribution in [2.24, 2.45) is 5.92 Å². The Morgan fingerprint density at radius 2 is 1.85 bits per heavy atom. The second-order valence-corrected chi connectivity index (χ2v) is 5.70. The second-order valence-electron chi connectivity index (χ2n) is 5.70. The first-order chi connectivity index (χ1) is 9.48. The molecule has 0 bridgehead atoms. The summed E-state index contributed by atoms with van der Waals surface area (Å²) in [5.41, 5.74) is -0.188. The molecule has 0 aromatic heterocycles. The monoisotopic (exact) mass is 285 g/mol.